The highest BCUT2D eigenvalue weighted by atomic mass is 19.4. The minimum Gasteiger partial charge on any atom is -0.285 e. The fourth-order valence-corrected chi connectivity index (χ4v) is 5.07. The first-order chi connectivity index (χ1) is 10.3. The van der Waals surface area contributed by atoms with E-state index in [0.29, 0.717) is 17.8 Å². The highest BCUT2D eigenvalue weighted by Gasteiger charge is 2.52. The van der Waals surface area contributed by atoms with E-state index in [2.05, 4.69) is 10.1 Å². The first kappa shape index (κ1) is 14.0. The van der Waals surface area contributed by atoms with E-state index in [4.69, 9.17) is 0 Å². The molecule has 0 saturated heterocycles. The lowest BCUT2D eigenvalue weighted by Gasteiger charge is -2.56. The van der Waals surface area contributed by atoms with Crippen molar-refractivity contribution in [3.8, 4) is 0 Å². The molecule has 5 rings (SSSR count). The molecule has 4 fully saturated rings. The van der Waals surface area contributed by atoms with Crippen molar-refractivity contribution in [3.63, 3.8) is 0 Å². The zero-order chi connectivity index (χ0) is 15.5. The third kappa shape index (κ3) is 2.19. The summed E-state index contributed by atoms with van der Waals surface area (Å²) in [6.45, 7) is 0. The van der Waals surface area contributed by atoms with E-state index in [9.17, 15) is 18.0 Å². The fraction of sp³-hybridized carbons (Fsp3) is 0.786. The molecule has 4 aliphatic carbocycles. The van der Waals surface area contributed by atoms with Gasteiger partial charge in [0.25, 0.3) is 0 Å². The number of alkyl halides is 3. The van der Waals surface area contributed by atoms with Gasteiger partial charge in [-0.05, 0) is 56.3 Å². The number of halogens is 3. The number of anilines is 1. The van der Waals surface area contributed by atoms with Crippen LogP contribution in [0.1, 0.15) is 38.5 Å². The Morgan fingerprint density at radius 1 is 1.18 bits per heavy atom. The van der Waals surface area contributed by atoms with Crippen LogP contribution in [-0.2, 0) is 10.3 Å². The molecule has 1 amide bonds. The summed E-state index contributed by atoms with van der Waals surface area (Å²) in [5.74, 6) is -0.204. The van der Waals surface area contributed by atoms with Gasteiger partial charge in [-0.2, -0.15) is 13.2 Å². The van der Waals surface area contributed by atoms with Crippen molar-refractivity contribution in [3.05, 3.63) is 6.33 Å². The smallest absolute Gasteiger partial charge is 0.285 e. The van der Waals surface area contributed by atoms with Crippen molar-refractivity contribution in [1.29, 1.82) is 0 Å². The molecule has 8 heteroatoms. The molecule has 0 radical (unpaired) electrons. The minimum absolute atomic E-state index is 0.108. The van der Waals surface area contributed by atoms with Gasteiger partial charge in [0, 0.05) is 0 Å². The van der Waals surface area contributed by atoms with Crippen LogP contribution in [0.5, 0.6) is 0 Å². The lowest BCUT2D eigenvalue weighted by Crippen LogP contribution is -2.52. The van der Waals surface area contributed by atoms with Gasteiger partial charge in [-0.1, -0.05) is 0 Å². The second-order valence-electron chi connectivity index (χ2n) is 7.11. The monoisotopic (exact) mass is 314 g/mol. The Labute approximate surface area is 125 Å². The predicted molar refractivity (Wildman–Crippen MR) is 70.9 cm³/mol. The Balaban J connectivity index is 1.56. The maximum atomic E-state index is 12.3. The molecule has 0 spiro atoms. The lowest BCUT2D eigenvalue weighted by atomic mass is 9.53. The molecule has 22 heavy (non-hydrogen) atoms. The molecule has 0 aromatic carbocycles. The van der Waals surface area contributed by atoms with E-state index in [1.807, 2.05) is 0 Å². The number of rotatable bonds is 2. The molecule has 4 saturated carbocycles. The van der Waals surface area contributed by atoms with E-state index >= 15 is 0 Å². The Bertz CT molecular complexity index is 574. The molecule has 0 atom stereocenters. The molecule has 1 N–H and O–H groups in total. The number of hydrogen-bond donors (Lipinski definition) is 1. The highest BCUT2D eigenvalue weighted by Crippen LogP contribution is 2.58. The average molecular weight is 314 g/mol. The largest absolute Gasteiger partial charge is 0.471 e. The lowest BCUT2D eigenvalue weighted by molar-refractivity contribution is -0.167. The zero-order valence-electron chi connectivity index (χ0n) is 11.9. The van der Waals surface area contributed by atoms with Crippen molar-refractivity contribution in [2.24, 2.45) is 17.8 Å². The standard InChI is InChI=1S/C14H17F3N4O/c15-14(16,17)11(22)19-12-18-7-21(20-12)13-4-8-1-9(5-13)3-10(2-8)6-13/h7-10H,1-6H2,(H,19,20,22). The van der Waals surface area contributed by atoms with Crippen molar-refractivity contribution in [2.45, 2.75) is 50.2 Å². The molecular formula is C14H17F3N4O. The van der Waals surface area contributed by atoms with E-state index in [0.717, 1.165) is 19.3 Å². The quantitative estimate of drug-likeness (QED) is 0.913. The molecule has 4 aliphatic rings. The molecule has 1 aromatic rings. The van der Waals surface area contributed by atoms with Crippen LogP contribution in [0, 0.1) is 17.8 Å². The summed E-state index contributed by atoms with van der Waals surface area (Å²) >= 11 is 0. The van der Waals surface area contributed by atoms with Gasteiger partial charge in [-0.15, -0.1) is 5.10 Å². The molecule has 4 bridgehead atoms. The molecule has 0 unspecified atom stereocenters. The third-order valence-corrected chi connectivity index (χ3v) is 5.47. The molecule has 1 heterocycles. The van der Waals surface area contributed by atoms with Gasteiger partial charge in [0.2, 0.25) is 5.95 Å². The Hall–Kier alpha value is -1.60. The molecule has 5 nitrogen and oxygen atoms in total. The maximum absolute atomic E-state index is 12.3. The summed E-state index contributed by atoms with van der Waals surface area (Å²) in [4.78, 5) is 14.8. The average Bonchev–Trinajstić information content (AvgIpc) is 2.85. The Kier molecular flexibility index (Phi) is 2.84. The fourth-order valence-electron chi connectivity index (χ4n) is 5.07. The van der Waals surface area contributed by atoms with Crippen LogP contribution >= 0.6 is 0 Å². The number of amides is 1. The second-order valence-corrected chi connectivity index (χ2v) is 7.11. The number of nitrogens with one attached hydrogen (secondary N) is 1. The van der Waals surface area contributed by atoms with Gasteiger partial charge in [0.1, 0.15) is 6.33 Å². The normalized spacial score (nSPS) is 36.6. The Morgan fingerprint density at radius 2 is 1.73 bits per heavy atom. The van der Waals surface area contributed by atoms with Crippen LogP contribution in [0.3, 0.4) is 0 Å². The van der Waals surface area contributed by atoms with Crippen LogP contribution < -0.4 is 5.32 Å². The van der Waals surface area contributed by atoms with Gasteiger partial charge in [-0.3, -0.25) is 10.1 Å². The number of carbonyl (C=O) groups excluding carboxylic acids is 1. The van der Waals surface area contributed by atoms with Crippen LogP contribution in [0.15, 0.2) is 6.33 Å². The van der Waals surface area contributed by atoms with Gasteiger partial charge in [0.05, 0.1) is 5.54 Å². The van der Waals surface area contributed by atoms with Crippen molar-refractivity contribution in [2.75, 3.05) is 5.32 Å². The maximum Gasteiger partial charge on any atom is 0.471 e. The zero-order valence-corrected chi connectivity index (χ0v) is 11.9. The first-order valence-electron chi connectivity index (χ1n) is 7.64. The summed E-state index contributed by atoms with van der Waals surface area (Å²) in [7, 11) is 0. The van der Waals surface area contributed by atoms with Gasteiger partial charge in [0.15, 0.2) is 0 Å². The SMILES string of the molecule is O=C(Nc1ncn(C23CC4CC(CC(C4)C2)C3)n1)C(F)(F)F. The van der Waals surface area contributed by atoms with E-state index in [1.165, 1.54) is 25.6 Å². The summed E-state index contributed by atoms with van der Waals surface area (Å²) in [6, 6.07) is 0. The van der Waals surface area contributed by atoms with Gasteiger partial charge < -0.3 is 0 Å². The Morgan fingerprint density at radius 3 is 2.23 bits per heavy atom. The summed E-state index contributed by atoms with van der Waals surface area (Å²) in [5, 5.41) is 5.85. The molecular weight excluding hydrogens is 297 g/mol. The van der Waals surface area contributed by atoms with Crippen molar-refractivity contribution < 1.29 is 18.0 Å². The summed E-state index contributed by atoms with van der Waals surface area (Å²) in [5.41, 5.74) is -0.108. The minimum atomic E-state index is -4.92. The van der Waals surface area contributed by atoms with Gasteiger partial charge >= 0.3 is 12.1 Å². The molecule has 0 aliphatic heterocycles. The summed E-state index contributed by atoms with van der Waals surface area (Å²) in [6.07, 6.45) is 3.42. The first-order valence-corrected chi connectivity index (χ1v) is 7.64. The van der Waals surface area contributed by atoms with Crippen LogP contribution in [0.2, 0.25) is 0 Å². The van der Waals surface area contributed by atoms with E-state index in [-0.39, 0.29) is 11.5 Å². The van der Waals surface area contributed by atoms with Crippen molar-refractivity contribution in [1.82, 2.24) is 14.8 Å². The predicted octanol–water partition coefficient (Wildman–Crippen LogP) is 2.70. The third-order valence-electron chi connectivity index (χ3n) is 5.47. The van der Waals surface area contributed by atoms with Crippen LogP contribution in [-0.4, -0.2) is 26.8 Å². The highest BCUT2D eigenvalue weighted by molar-refractivity contribution is 5.93. The van der Waals surface area contributed by atoms with Crippen LogP contribution in [0.25, 0.3) is 0 Å². The number of nitrogens with zero attached hydrogens (tertiary/aromatic N) is 3. The number of aromatic nitrogens is 3. The van der Waals surface area contributed by atoms with Gasteiger partial charge in [-0.25, -0.2) is 9.67 Å². The van der Waals surface area contributed by atoms with Crippen LogP contribution in [0.4, 0.5) is 19.1 Å². The number of carbonyl (C=O) groups is 1. The van der Waals surface area contributed by atoms with E-state index in [1.54, 1.807) is 10.00 Å². The van der Waals surface area contributed by atoms with E-state index < -0.39 is 12.1 Å². The molecule has 1 aromatic heterocycles. The summed E-state index contributed by atoms with van der Waals surface area (Å²) < 4.78 is 38.6. The second kappa shape index (κ2) is 4.45. The topological polar surface area (TPSA) is 59.8 Å². The van der Waals surface area contributed by atoms with Crippen molar-refractivity contribution >= 4 is 11.9 Å². The number of hydrogen-bond acceptors (Lipinski definition) is 3. The molecule has 120 valence electrons.